The minimum Gasteiger partial charge on any atom is -0.478 e. The molecule has 1 fully saturated rings. The molecule has 0 spiro atoms. The number of carbonyl (C=O) groups excluding carboxylic acids is 2. The van der Waals surface area contributed by atoms with Crippen molar-refractivity contribution in [1.82, 2.24) is 9.80 Å². The summed E-state index contributed by atoms with van der Waals surface area (Å²) >= 11 is 3.32. The number of hydrogen-bond donors (Lipinski definition) is 2. The van der Waals surface area contributed by atoms with Crippen LogP contribution in [-0.4, -0.2) is 79.5 Å². The summed E-state index contributed by atoms with van der Waals surface area (Å²) in [5.74, 6) is -1.42. The summed E-state index contributed by atoms with van der Waals surface area (Å²) in [4.78, 5) is 42.0. The first-order chi connectivity index (χ1) is 14.7. The van der Waals surface area contributed by atoms with Crippen LogP contribution in [0.25, 0.3) is 0 Å². The number of nitrogens with one attached hydrogen (secondary N) is 1. The summed E-state index contributed by atoms with van der Waals surface area (Å²) < 4.78 is 0.853. The van der Waals surface area contributed by atoms with Gasteiger partial charge in [0.15, 0.2) is 0 Å². The fourth-order valence-electron chi connectivity index (χ4n) is 3.31. The minimum absolute atomic E-state index is 0.0353. The highest BCUT2D eigenvalue weighted by molar-refractivity contribution is 9.10. The van der Waals surface area contributed by atoms with Gasteiger partial charge in [0, 0.05) is 56.0 Å². The molecule has 0 aromatic heterocycles. The number of carboxylic acids is 1. The number of amides is 2. The van der Waals surface area contributed by atoms with Gasteiger partial charge in [-0.15, -0.1) is 0 Å². The number of anilines is 2. The third-order valence-corrected chi connectivity index (χ3v) is 5.71. The molecule has 1 aliphatic rings. The second-order valence-electron chi connectivity index (χ2n) is 7.55. The van der Waals surface area contributed by atoms with Crippen molar-refractivity contribution < 1.29 is 19.5 Å². The molecule has 0 unspecified atom stereocenters. The molecule has 1 aliphatic heterocycles. The highest BCUT2D eigenvalue weighted by atomic mass is 79.9. The lowest BCUT2D eigenvalue weighted by Gasteiger charge is -2.36. The molecule has 2 aromatic carbocycles. The van der Waals surface area contributed by atoms with E-state index in [-0.39, 0.29) is 23.1 Å². The molecule has 0 saturated carbocycles. The number of carboxylic acid groups (broad SMARTS) is 1. The zero-order chi connectivity index (χ0) is 22.5. The molecule has 1 heterocycles. The fourth-order valence-corrected chi connectivity index (χ4v) is 3.57. The lowest BCUT2D eigenvalue weighted by molar-refractivity contribution is -0.129. The van der Waals surface area contributed by atoms with Crippen LogP contribution in [0, 0.1) is 0 Å². The Bertz CT molecular complexity index is 970. The molecule has 0 atom stereocenters. The number of carbonyl (C=O) groups is 3. The SMILES string of the molecule is CN(C)C(=O)CN1CCN(c2ccc(NC(=O)c3ccc(Br)cc3)c(C(=O)O)c2)CC1. The van der Waals surface area contributed by atoms with Crippen LogP contribution in [0.1, 0.15) is 20.7 Å². The van der Waals surface area contributed by atoms with E-state index in [1.807, 2.05) is 6.07 Å². The molecule has 164 valence electrons. The molecule has 3 rings (SSSR count). The molecule has 9 heteroatoms. The van der Waals surface area contributed by atoms with Gasteiger partial charge < -0.3 is 20.2 Å². The second-order valence-corrected chi connectivity index (χ2v) is 8.46. The Kier molecular flexibility index (Phi) is 7.29. The van der Waals surface area contributed by atoms with Gasteiger partial charge in [-0.2, -0.15) is 0 Å². The first kappa shape index (κ1) is 22.8. The van der Waals surface area contributed by atoms with Crippen LogP contribution in [0.15, 0.2) is 46.9 Å². The van der Waals surface area contributed by atoms with Crippen molar-refractivity contribution in [2.75, 3.05) is 57.0 Å². The molecule has 8 nitrogen and oxygen atoms in total. The van der Waals surface area contributed by atoms with E-state index in [0.29, 0.717) is 38.3 Å². The smallest absolute Gasteiger partial charge is 0.337 e. The van der Waals surface area contributed by atoms with Crippen molar-refractivity contribution in [3.63, 3.8) is 0 Å². The van der Waals surface area contributed by atoms with Crippen molar-refractivity contribution in [1.29, 1.82) is 0 Å². The normalized spacial score (nSPS) is 14.2. The van der Waals surface area contributed by atoms with Gasteiger partial charge in [-0.05, 0) is 42.5 Å². The van der Waals surface area contributed by atoms with Gasteiger partial charge in [-0.3, -0.25) is 14.5 Å². The predicted octanol–water partition coefficient (Wildman–Crippen LogP) is 2.61. The van der Waals surface area contributed by atoms with Gasteiger partial charge in [0.1, 0.15) is 0 Å². The van der Waals surface area contributed by atoms with Gasteiger partial charge in [-0.1, -0.05) is 15.9 Å². The van der Waals surface area contributed by atoms with E-state index in [0.717, 1.165) is 10.2 Å². The van der Waals surface area contributed by atoms with E-state index in [4.69, 9.17) is 0 Å². The second kappa shape index (κ2) is 9.93. The quantitative estimate of drug-likeness (QED) is 0.648. The van der Waals surface area contributed by atoms with Crippen LogP contribution in [-0.2, 0) is 4.79 Å². The Morgan fingerprint density at radius 2 is 1.68 bits per heavy atom. The lowest BCUT2D eigenvalue weighted by atomic mass is 10.1. The Balaban J connectivity index is 1.69. The van der Waals surface area contributed by atoms with Crippen molar-refractivity contribution in [3.05, 3.63) is 58.1 Å². The summed E-state index contributed by atoms with van der Waals surface area (Å²) in [6, 6.07) is 11.8. The van der Waals surface area contributed by atoms with Crippen LogP contribution in [0.4, 0.5) is 11.4 Å². The number of rotatable bonds is 6. The maximum Gasteiger partial charge on any atom is 0.337 e. The van der Waals surface area contributed by atoms with E-state index in [9.17, 15) is 19.5 Å². The molecule has 0 radical (unpaired) electrons. The summed E-state index contributed by atoms with van der Waals surface area (Å²) in [6.45, 7) is 3.17. The third-order valence-electron chi connectivity index (χ3n) is 5.18. The van der Waals surface area contributed by atoms with Crippen LogP contribution < -0.4 is 10.2 Å². The molecule has 2 N–H and O–H groups in total. The van der Waals surface area contributed by atoms with E-state index in [1.165, 1.54) is 0 Å². The highest BCUT2D eigenvalue weighted by Gasteiger charge is 2.22. The van der Waals surface area contributed by atoms with Crippen molar-refractivity contribution in [2.45, 2.75) is 0 Å². The monoisotopic (exact) mass is 488 g/mol. The van der Waals surface area contributed by atoms with Gasteiger partial charge in [0.05, 0.1) is 17.8 Å². The van der Waals surface area contributed by atoms with E-state index in [1.54, 1.807) is 55.4 Å². The number of halogens is 1. The number of aromatic carboxylic acids is 1. The van der Waals surface area contributed by atoms with Crippen molar-refractivity contribution in [3.8, 4) is 0 Å². The van der Waals surface area contributed by atoms with Crippen LogP contribution in [0.5, 0.6) is 0 Å². The van der Waals surface area contributed by atoms with Crippen LogP contribution in [0.2, 0.25) is 0 Å². The number of piperazine rings is 1. The summed E-state index contributed by atoms with van der Waals surface area (Å²) in [5, 5.41) is 12.4. The molecule has 0 aliphatic carbocycles. The molecule has 2 amide bonds. The Hall–Kier alpha value is -2.91. The molecular formula is C22H25BrN4O4. The number of benzene rings is 2. The predicted molar refractivity (Wildman–Crippen MR) is 123 cm³/mol. The van der Waals surface area contributed by atoms with Crippen molar-refractivity contribution in [2.24, 2.45) is 0 Å². The number of nitrogens with zero attached hydrogens (tertiary/aromatic N) is 3. The summed E-state index contributed by atoms with van der Waals surface area (Å²) in [5.41, 5.74) is 1.50. The third kappa shape index (κ3) is 5.83. The molecule has 0 bridgehead atoms. The largest absolute Gasteiger partial charge is 0.478 e. The molecular weight excluding hydrogens is 464 g/mol. The number of likely N-dealkylation sites (N-methyl/N-ethyl adjacent to an activating group) is 1. The average Bonchev–Trinajstić information content (AvgIpc) is 2.74. The van der Waals surface area contributed by atoms with E-state index >= 15 is 0 Å². The Morgan fingerprint density at radius 3 is 2.26 bits per heavy atom. The van der Waals surface area contributed by atoms with Crippen LogP contribution >= 0.6 is 15.9 Å². The minimum atomic E-state index is -1.11. The average molecular weight is 489 g/mol. The van der Waals surface area contributed by atoms with Gasteiger partial charge >= 0.3 is 5.97 Å². The summed E-state index contributed by atoms with van der Waals surface area (Å²) in [7, 11) is 3.48. The van der Waals surface area contributed by atoms with E-state index < -0.39 is 5.97 Å². The van der Waals surface area contributed by atoms with Crippen molar-refractivity contribution >= 4 is 45.1 Å². The summed E-state index contributed by atoms with van der Waals surface area (Å²) in [6.07, 6.45) is 0. The Morgan fingerprint density at radius 1 is 1.03 bits per heavy atom. The highest BCUT2D eigenvalue weighted by Crippen LogP contribution is 2.25. The fraction of sp³-hybridized carbons (Fsp3) is 0.318. The van der Waals surface area contributed by atoms with Gasteiger partial charge in [0.25, 0.3) is 5.91 Å². The van der Waals surface area contributed by atoms with E-state index in [2.05, 4.69) is 31.0 Å². The molecule has 2 aromatic rings. The Labute approximate surface area is 189 Å². The topological polar surface area (TPSA) is 93.2 Å². The zero-order valence-electron chi connectivity index (χ0n) is 17.5. The maximum atomic E-state index is 12.5. The standard InChI is InChI=1S/C22H25BrN4O4/c1-25(2)20(28)14-26-9-11-27(12-10-26)17-7-8-19(18(13-17)22(30)31)24-21(29)15-3-5-16(23)6-4-15/h3-8,13H,9-12,14H2,1-2H3,(H,24,29)(H,30,31). The maximum absolute atomic E-state index is 12.5. The van der Waals surface area contributed by atoms with Gasteiger partial charge in [-0.25, -0.2) is 4.79 Å². The first-order valence-electron chi connectivity index (χ1n) is 9.86. The lowest BCUT2D eigenvalue weighted by Crippen LogP contribution is -2.49. The van der Waals surface area contributed by atoms with Crippen LogP contribution in [0.3, 0.4) is 0 Å². The first-order valence-corrected chi connectivity index (χ1v) is 10.7. The zero-order valence-corrected chi connectivity index (χ0v) is 19.1. The number of hydrogen-bond acceptors (Lipinski definition) is 5. The molecule has 1 saturated heterocycles. The molecule has 31 heavy (non-hydrogen) atoms. The van der Waals surface area contributed by atoms with Gasteiger partial charge in [0.2, 0.25) is 5.91 Å².